The molecular formula is C22H23ClN4O6S. The number of carbonyl (C=O) groups excluding carboxylic acids is 1. The minimum Gasteiger partial charge on any atom is -0.493 e. The SMILES string of the molecule is COc1ccc(-c2nnc(NC(=O)C3CCCN(S(=O)(=O)c4ccc(Cl)cc4)C3)o2)cc1OC. The Morgan fingerprint density at radius 2 is 1.85 bits per heavy atom. The van der Waals surface area contributed by atoms with E-state index < -0.39 is 21.8 Å². The third-order valence-corrected chi connectivity index (χ3v) is 7.62. The van der Waals surface area contributed by atoms with E-state index in [1.165, 1.54) is 42.8 Å². The molecule has 0 aliphatic carbocycles. The smallest absolute Gasteiger partial charge is 0.322 e. The van der Waals surface area contributed by atoms with Gasteiger partial charge < -0.3 is 13.9 Å². The molecule has 1 amide bonds. The van der Waals surface area contributed by atoms with Gasteiger partial charge in [-0.1, -0.05) is 16.7 Å². The molecule has 1 fully saturated rings. The molecule has 2 heterocycles. The van der Waals surface area contributed by atoms with Crippen LogP contribution in [0.5, 0.6) is 11.5 Å². The summed E-state index contributed by atoms with van der Waals surface area (Å²) in [6.07, 6.45) is 1.08. The maximum absolute atomic E-state index is 13.0. The predicted molar refractivity (Wildman–Crippen MR) is 124 cm³/mol. The predicted octanol–water partition coefficient (Wildman–Crippen LogP) is 3.45. The molecule has 12 heteroatoms. The number of nitrogens with one attached hydrogen (secondary N) is 1. The molecule has 1 aliphatic rings. The molecule has 1 N–H and O–H groups in total. The Kier molecular flexibility index (Phi) is 7.05. The number of carbonyl (C=O) groups is 1. The number of benzene rings is 2. The molecule has 10 nitrogen and oxygen atoms in total. The maximum atomic E-state index is 13.0. The van der Waals surface area contributed by atoms with Gasteiger partial charge in [0.2, 0.25) is 21.8 Å². The average molecular weight is 507 g/mol. The fourth-order valence-corrected chi connectivity index (χ4v) is 5.35. The molecule has 1 aromatic heterocycles. The third-order valence-electron chi connectivity index (χ3n) is 5.49. The number of hydrogen-bond donors (Lipinski definition) is 1. The molecule has 0 spiro atoms. The lowest BCUT2D eigenvalue weighted by molar-refractivity contribution is -0.121. The van der Waals surface area contributed by atoms with Gasteiger partial charge in [-0.05, 0) is 55.3 Å². The zero-order valence-corrected chi connectivity index (χ0v) is 20.1. The Balaban J connectivity index is 1.44. The van der Waals surface area contributed by atoms with Crippen molar-refractivity contribution in [1.82, 2.24) is 14.5 Å². The van der Waals surface area contributed by atoms with Gasteiger partial charge in [-0.25, -0.2) is 8.42 Å². The topological polar surface area (TPSA) is 124 Å². The highest BCUT2D eigenvalue weighted by Gasteiger charge is 2.34. The van der Waals surface area contributed by atoms with Crippen molar-refractivity contribution < 1.29 is 27.1 Å². The first-order valence-electron chi connectivity index (χ1n) is 10.4. The van der Waals surface area contributed by atoms with Gasteiger partial charge in [0.1, 0.15) is 0 Å². The fraction of sp³-hybridized carbons (Fsp3) is 0.318. The highest BCUT2D eigenvalue weighted by atomic mass is 35.5. The van der Waals surface area contributed by atoms with E-state index >= 15 is 0 Å². The molecule has 2 aromatic carbocycles. The van der Waals surface area contributed by atoms with Gasteiger partial charge in [-0.15, -0.1) is 5.10 Å². The van der Waals surface area contributed by atoms with Crippen LogP contribution >= 0.6 is 11.6 Å². The molecule has 180 valence electrons. The lowest BCUT2D eigenvalue weighted by atomic mass is 9.99. The molecular weight excluding hydrogens is 484 g/mol. The van der Waals surface area contributed by atoms with Crippen molar-refractivity contribution in [3.8, 4) is 23.0 Å². The number of aromatic nitrogens is 2. The number of sulfonamides is 1. The third kappa shape index (κ3) is 5.01. The summed E-state index contributed by atoms with van der Waals surface area (Å²) >= 11 is 5.87. The Morgan fingerprint density at radius 3 is 2.56 bits per heavy atom. The van der Waals surface area contributed by atoms with Crippen LogP contribution in [0.15, 0.2) is 51.8 Å². The van der Waals surface area contributed by atoms with Crippen molar-refractivity contribution in [3.05, 3.63) is 47.5 Å². The van der Waals surface area contributed by atoms with Gasteiger partial charge in [-0.3, -0.25) is 10.1 Å². The number of methoxy groups -OCH3 is 2. The van der Waals surface area contributed by atoms with Gasteiger partial charge in [-0.2, -0.15) is 4.31 Å². The largest absolute Gasteiger partial charge is 0.493 e. The second kappa shape index (κ2) is 10.00. The first kappa shape index (κ1) is 24.0. The van der Waals surface area contributed by atoms with E-state index in [4.69, 9.17) is 25.5 Å². The van der Waals surface area contributed by atoms with Gasteiger partial charge >= 0.3 is 6.01 Å². The van der Waals surface area contributed by atoms with E-state index in [1.54, 1.807) is 18.2 Å². The fourth-order valence-electron chi connectivity index (χ4n) is 3.70. The number of amides is 1. The molecule has 0 saturated carbocycles. The summed E-state index contributed by atoms with van der Waals surface area (Å²) < 4.78 is 43.3. The minimum atomic E-state index is -3.74. The molecule has 34 heavy (non-hydrogen) atoms. The number of piperidine rings is 1. The van der Waals surface area contributed by atoms with E-state index in [-0.39, 0.29) is 23.3 Å². The molecule has 1 aliphatic heterocycles. The van der Waals surface area contributed by atoms with E-state index in [0.717, 1.165) is 0 Å². The summed E-state index contributed by atoms with van der Waals surface area (Å²) in [6.45, 7) is 0.381. The average Bonchev–Trinajstić information content (AvgIpc) is 3.32. The normalized spacial score (nSPS) is 16.7. The minimum absolute atomic E-state index is 0.0491. The van der Waals surface area contributed by atoms with Crippen molar-refractivity contribution in [2.24, 2.45) is 5.92 Å². The Labute approximate surface area is 201 Å². The number of halogens is 1. The number of hydrogen-bond acceptors (Lipinski definition) is 8. The van der Waals surface area contributed by atoms with Crippen LogP contribution in [0.25, 0.3) is 11.5 Å². The van der Waals surface area contributed by atoms with E-state index in [9.17, 15) is 13.2 Å². The van der Waals surface area contributed by atoms with Gasteiger partial charge in [0.25, 0.3) is 0 Å². The zero-order chi connectivity index (χ0) is 24.3. The molecule has 4 rings (SSSR count). The monoisotopic (exact) mass is 506 g/mol. The van der Waals surface area contributed by atoms with E-state index in [2.05, 4.69) is 15.5 Å². The quantitative estimate of drug-likeness (QED) is 0.516. The maximum Gasteiger partial charge on any atom is 0.322 e. The first-order chi connectivity index (χ1) is 16.3. The lowest BCUT2D eigenvalue weighted by Crippen LogP contribution is -2.43. The summed E-state index contributed by atoms with van der Waals surface area (Å²) in [5.74, 6) is 0.278. The van der Waals surface area contributed by atoms with Crippen LogP contribution < -0.4 is 14.8 Å². The van der Waals surface area contributed by atoms with Gasteiger partial charge in [0.15, 0.2) is 11.5 Å². The Bertz CT molecular complexity index is 1280. The first-order valence-corrected chi connectivity index (χ1v) is 12.3. The standard InChI is InChI=1S/C22H23ClN4O6S/c1-31-18-10-5-14(12-19(18)32-2)21-25-26-22(33-21)24-20(28)15-4-3-11-27(13-15)34(29,30)17-8-6-16(23)7-9-17/h5-10,12,15H,3-4,11,13H2,1-2H3,(H,24,26,28). The second-order valence-corrected chi connectivity index (χ2v) is 10.0. The highest BCUT2D eigenvalue weighted by Crippen LogP contribution is 2.32. The highest BCUT2D eigenvalue weighted by molar-refractivity contribution is 7.89. The van der Waals surface area contributed by atoms with Crippen molar-refractivity contribution in [2.45, 2.75) is 17.7 Å². The van der Waals surface area contributed by atoms with Crippen molar-refractivity contribution in [2.75, 3.05) is 32.6 Å². The number of nitrogens with zero attached hydrogens (tertiary/aromatic N) is 3. The summed E-state index contributed by atoms with van der Waals surface area (Å²) in [6, 6.07) is 11.0. The van der Waals surface area contributed by atoms with Gasteiger partial charge in [0.05, 0.1) is 25.0 Å². The molecule has 3 aromatic rings. The van der Waals surface area contributed by atoms with Crippen LogP contribution in [-0.2, 0) is 14.8 Å². The number of rotatable bonds is 7. The van der Waals surface area contributed by atoms with Crippen molar-refractivity contribution in [1.29, 1.82) is 0 Å². The Morgan fingerprint density at radius 1 is 1.12 bits per heavy atom. The van der Waals surface area contributed by atoms with Crippen LogP contribution in [0, 0.1) is 5.92 Å². The second-order valence-electron chi connectivity index (χ2n) is 7.63. The van der Waals surface area contributed by atoms with Crippen molar-refractivity contribution >= 4 is 33.5 Å². The Hall–Kier alpha value is -3.15. The number of anilines is 1. The van der Waals surface area contributed by atoms with E-state index in [0.29, 0.717) is 41.5 Å². The molecule has 1 unspecified atom stereocenters. The molecule has 1 atom stereocenters. The van der Waals surface area contributed by atoms with E-state index in [1.807, 2.05) is 0 Å². The van der Waals surface area contributed by atoms with Crippen LogP contribution in [0.3, 0.4) is 0 Å². The summed E-state index contributed by atoms with van der Waals surface area (Å²) in [5, 5.41) is 10.9. The molecule has 1 saturated heterocycles. The molecule has 0 bridgehead atoms. The lowest BCUT2D eigenvalue weighted by Gasteiger charge is -2.30. The van der Waals surface area contributed by atoms with Gasteiger partial charge in [0, 0.05) is 23.7 Å². The van der Waals surface area contributed by atoms with Crippen LogP contribution in [-0.4, -0.2) is 56.1 Å². The number of ether oxygens (including phenoxy) is 2. The molecule has 0 radical (unpaired) electrons. The summed E-state index contributed by atoms with van der Waals surface area (Å²) in [5.41, 5.74) is 0.587. The zero-order valence-electron chi connectivity index (χ0n) is 18.5. The van der Waals surface area contributed by atoms with Crippen LogP contribution in [0.2, 0.25) is 5.02 Å². The van der Waals surface area contributed by atoms with Crippen LogP contribution in [0.1, 0.15) is 12.8 Å². The summed E-state index contributed by atoms with van der Waals surface area (Å²) in [7, 11) is -0.693. The van der Waals surface area contributed by atoms with Crippen molar-refractivity contribution in [3.63, 3.8) is 0 Å². The summed E-state index contributed by atoms with van der Waals surface area (Å²) in [4.78, 5) is 13.0. The van der Waals surface area contributed by atoms with Crippen LogP contribution in [0.4, 0.5) is 6.01 Å².